The summed E-state index contributed by atoms with van der Waals surface area (Å²) in [6.07, 6.45) is 1.92. The molecule has 0 aliphatic carbocycles. The van der Waals surface area contributed by atoms with Gasteiger partial charge >= 0.3 is 0 Å². The number of hydrogen-bond donors (Lipinski definition) is 0. The van der Waals surface area contributed by atoms with E-state index in [9.17, 15) is 4.79 Å². The van der Waals surface area contributed by atoms with Crippen LogP contribution in [0.3, 0.4) is 0 Å². The Morgan fingerprint density at radius 2 is 2.32 bits per heavy atom. The number of fused-ring (bicyclic) bond motifs is 1. The molecule has 6 heteroatoms. The molecule has 1 saturated heterocycles. The first-order valence-electron chi connectivity index (χ1n) is 7.79. The Labute approximate surface area is 135 Å². The largest absolute Gasteiger partial charge is 0.359 e. The summed E-state index contributed by atoms with van der Waals surface area (Å²) in [5.41, 5.74) is 0. The molecule has 0 aromatic carbocycles. The Kier molecular flexibility index (Phi) is 4.29. The van der Waals surface area contributed by atoms with E-state index in [1.54, 1.807) is 18.3 Å². The molecule has 2 aromatic rings. The zero-order valence-corrected chi connectivity index (χ0v) is 14.2. The first-order chi connectivity index (χ1) is 10.6. The second-order valence-electron chi connectivity index (χ2n) is 5.96. The van der Waals surface area contributed by atoms with Crippen LogP contribution in [0.1, 0.15) is 26.1 Å². The maximum absolute atomic E-state index is 11.5. The highest BCUT2D eigenvalue weighted by atomic mass is 32.1. The third-order valence-electron chi connectivity index (χ3n) is 4.29. The van der Waals surface area contributed by atoms with Crippen LogP contribution in [0.5, 0.6) is 0 Å². The number of aryl methyl sites for hydroxylation is 1. The van der Waals surface area contributed by atoms with Gasteiger partial charge in [0.25, 0.3) is 0 Å². The average molecular weight is 318 g/mol. The minimum atomic E-state index is 0.181. The number of carbonyl (C=O) groups excluding carboxylic acids is 1. The van der Waals surface area contributed by atoms with Gasteiger partial charge in [0.05, 0.1) is 5.39 Å². The minimum Gasteiger partial charge on any atom is -0.359 e. The first kappa shape index (κ1) is 15.2. The molecule has 0 bridgehead atoms. The van der Waals surface area contributed by atoms with Crippen molar-refractivity contribution in [3.63, 3.8) is 0 Å². The normalized spacial score (nSPS) is 18.1. The zero-order chi connectivity index (χ0) is 15.7. The van der Waals surface area contributed by atoms with Gasteiger partial charge in [-0.1, -0.05) is 6.92 Å². The van der Waals surface area contributed by atoms with Crippen LogP contribution in [0.25, 0.3) is 10.2 Å². The summed E-state index contributed by atoms with van der Waals surface area (Å²) in [4.78, 5) is 26.0. The molecule has 0 saturated carbocycles. The monoisotopic (exact) mass is 318 g/mol. The van der Waals surface area contributed by atoms with Gasteiger partial charge in [-0.05, 0) is 23.8 Å². The van der Waals surface area contributed by atoms with Crippen LogP contribution >= 0.6 is 11.3 Å². The number of anilines is 1. The molecule has 2 aromatic heterocycles. The van der Waals surface area contributed by atoms with Crippen molar-refractivity contribution in [2.75, 3.05) is 31.6 Å². The molecule has 0 spiro atoms. The maximum atomic E-state index is 11.5. The van der Waals surface area contributed by atoms with Gasteiger partial charge in [0.1, 0.15) is 16.5 Å². The number of thiophene rings is 1. The number of amides is 1. The van der Waals surface area contributed by atoms with E-state index in [1.807, 2.05) is 4.90 Å². The van der Waals surface area contributed by atoms with Gasteiger partial charge in [-0.2, -0.15) is 0 Å². The zero-order valence-electron chi connectivity index (χ0n) is 13.4. The SMILES string of the molecule is CCc1nc(N(C)CC2CCN(C(C)=O)C2)c2ccsc2n1. The topological polar surface area (TPSA) is 49.3 Å². The molecule has 3 rings (SSSR count). The van der Waals surface area contributed by atoms with E-state index in [-0.39, 0.29) is 5.91 Å². The van der Waals surface area contributed by atoms with Crippen molar-refractivity contribution in [3.05, 3.63) is 17.3 Å². The minimum absolute atomic E-state index is 0.181. The number of nitrogens with zero attached hydrogens (tertiary/aromatic N) is 4. The van der Waals surface area contributed by atoms with E-state index in [1.165, 1.54) is 0 Å². The van der Waals surface area contributed by atoms with Crippen molar-refractivity contribution in [3.8, 4) is 0 Å². The molecule has 22 heavy (non-hydrogen) atoms. The van der Waals surface area contributed by atoms with Crippen LogP contribution in [0.15, 0.2) is 11.4 Å². The van der Waals surface area contributed by atoms with E-state index < -0.39 is 0 Å². The third-order valence-corrected chi connectivity index (χ3v) is 5.10. The Hall–Kier alpha value is -1.69. The summed E-state index contributed by atoms with van der Waals surface area (Å²) < 4.78 is 0. The van der Waals surface area contributed by atoms with Crippen LogP contribution in [-0.4, -0.2) is 47.5 Å². The Morgan fingerprint density at radius 1 is 1.50 bits per heavy atom. The van der Waals surface area contributed by atoms with Crippen LogP contribution in [0.4, 0.5) is 5.82 Å². The third kappa shape index (κ3) is 2.92. The van der Waals surface area contributed by atoms with Crippen molar-refractivity contribution < 1.29 is 4.79 Å². The van der Waals surface area contributed by atoms with Gasteiger partial charge in [-0.25, -0.2) is 9.97 Å². The van der Waals surface area contributed by atoms with Gasteiger partial charge in [-0.15, -0.1) is 11.3 Å². The van der Waals surface area contributed by atoms with Crippen molar-refractivity contribution >= 4 is 33.3 Å². The smallest absolute Gasteiger partial charge is 0.219 e. The van der Waals surface area contributed by atoms with E-state index in [0.29, 0.717) is 5.92 Å². The second-order valence-corrected chi connectivity index (χ2v) is 6.85. The van der Waals surface area contributed by atoms with E-state index in [2.05, 4.69) is 35.3 Å². The quantitative estimate of drug-likeness (QED) is 0.869. The number of aromatic nitrogens is 2. The summed E-state index contributed by atoms with van der Waals surface area (Å²) in [7, 11) is 2.09. The van der Waals surface area contributed by atoms with Crippen molar-refractivity contribution in [2.24, 2.45) is 5.92 Å². The molecule has 1 aliphatic heterocycles. The molecule has 1 atom stereocenters. The van der Waals surface area contributed by atoms with E-state index in [0.717, 1.165) is 54.3 Å². The summed E-state index contributed by atoms with van der Waals surface area (Å²) in [5, 5.41) is 3.20. The molecular formula is C16H22N4OS. The standard InChI is InChI=1S/C16H22N4OS/c1-4-14-17-15(13-6-8-22-16(13)18-14)19(3)9-12-5-7-20(10-12)11(2)21/h6,8,12H,4-5,7,9-10H2,1-3H3. The summed E-state index contributed by atoms with van der Waals surface area (Å²) in [6, 6.07) is 2.10. The van der Waals surface area contributed by atoms with Crippen molar-refractivity contribution in [1.82, 2.24) is 14.9 Å². The first-order valence-corrected chi connectivity index (χ1v) is 8.67. The molecule has 0 radical (unpaired) electrons. The van der Waals surface area contributed by atoms with Gasteiger partial charge in [0.15, 0.2) is 0 Å². The number of likely N-dealkylation sites (tertiary alicyclic amines) is 1. The fourth-order valence-electron chi connectivity index (χ4n) is 3.07. The summed E-state index contributed by atoms with van der Waals surface area (Å²) in [5.74, 6) is 2.61. The fraction of sp³-hybridized carbons (Fsp3) is 0.562. The van der Waals surface area contributed by atoms with Crippen LogP contribution in [0, 0.1) is 5.92 Å². The predicted octanol–water partition coefficient (Wildman–Crippen LogP) is 2.56. The molecule has 1 fully saturated rings. The summed E-state index contributed by atoms with van der Waals surface area (Å²) >= 11 is 1.66. The second kappa shape index (κ2) is 6.20. The highest BCUT2D eigenvalue weighted by Crippen LogP contribution is 2.28. The maximum Gasteiger partial charge on any atom is 0.219 e. The molecule has 1 amide bonds. The van der Waals surface area contributed by atoms with E-state index >= 15 is 0 Å². The Morgan fingerprint density at radius 3 is 3.00 bits per heavy atom. The lowest BCUT2D eigenvalue weighted by atomic mass is 10.1. The molecular weight excluding hydrogens is 296 g/mol. The fourth-order valence-corrected chi connectivity index (χ4v) is 3.85. The van der Waals surface area contributed by atoms with Gasteiger partial charge in [0, 0.05) is 40.0 Å². The molecule has 118 valence electrons. The van der Waals surface area contributed by atoms with Crippen LogP contribution in [0.2, 0.25) is 0 Å². The summed E-state index contributed by atoms with van der Waals surface area (Å²) in [6.45, 7) is 6.40. The van der Waals surface area contributed by atoms with Crippen molar-refractivity contribution in [1.29, 1.82) is 0 Å². The lowest BCUT2D eigenvalue weighted by molar-refractivity contribution is -0.127. The number of rotatable bonds is 4. The van der Waals surface area contributed by atoms with Gasteiger partial charge in [-0.3, -0.25) is 4.79 Å². The van der Waals surface area contributed by atoms with Crippen LogP contribution in [-0.2, 0) is 11.2 Å². The highest BCUT2D eigenvalue weighted by Gasteiger charge is 2.26. The number of hydrogen-bond acceptors (Lipinski definition) is 5. The van der Waals surface area contributed by atoms with E-state index in [4.69, 9.17) is 4.98 Å². The molecule has 1 aliphatic rings. The molecule has 5 nitrogen and oxygen atoms in total. The lowest BCUT2D eigenvalue weighted by Gasteiger charge is -2.23. The Balaban J connectivity index is 1.79. The van der Waals surface area contributed by atoms with Crippen LogP contribution < -0.4 is 4.90 Å². The molecule has 1 unspecified atom stereocenters. The lowest BCUT2D eigenvalue weighted by Crippen LogP contribution is -2.30. The van der Waals surface area contributed by atoms with Gasteiger partial charge in [0.2, 0.25) is 5.91 Å². The molecule has 3 heterocycles. The van der Waals surface area contributed by atoms with Gasteiger partial charge < -0.3 is 9.80 Å². The molecule has 0 N–H and O–H groups in total. The predicted molar refractivity (Wildman–Crippen MR) is 90.4 cm³/mol. The number of carbonyl (C=O) groups is 1. The van der Waals surface area contributed by atoms with Crippen molar-refractivity contribution in [2.45, 2.75) is 26.7 Å². The highest BCUT2D eigenvalue weighted by molar-refractivity contribution is 7.16. The Bertz CT molecular complexity index is 684. The average Bonchev–Trinajstić information content (AvgIpc) is 3.14.